The highest BCUT2D eigenvalue weighted by Gasteiger charge is 2.11. The Morgan fingerprint density at radius 2 is 1.89 bits per heavy atom. The molecule has 0 radical (unpaired) electrons. The van der Waals surface area contributed by atoms with Crippen molar-refractivity contribution in [3.8, 4) is 0 Å². The van der Waals surface area contributed by atoms with Crippen molar-refractivity contribution in [2.45, 2.75) is 19.4 Å². The van der Waals surface area contributed by atoms with Gasteiger partial charge in [-0.3, -0.25) is 0 Å². The van der Waals surface area contributed by atoms with Crippen LogP contribution in [0.15, 0.2) is 45.3 Å². The fourth-order valence-electron chi connectivity index (χ4n) is 2.03. The van der Waals surface area contributed by atoms with Gasteiger partial charge in [0.15, 0.2) is 0 Å². The average Bonchev–Trinajstić information content (AvgIpc) is 2.32. The maximum atomic E-state index is 13.3. The summed E-state index contributed by atoms with van der Waals surface area (Å²) in [6.07, 6.45) is 0.592. The molecule has 0 saturated carbocycles. The Balaban J connectivity index is 2.25. The van der Waals surface area contributed by atoms with Crippen molar-refractivity contribution in [2.24, 2.45) is 5.73 Å². The van der Waals surface area contributed by atoms with Crippen LogP contribution < -0.4 is 5.73 Å². The van der Waals surface area contributed by atoms with Gasteiger partial charge in [-0.25, -0.2) is 4.39 Å². The van der Waals surface area contributed by atoms with Gasteiger partial charge in [0, 0.05) is 15.0 Å². The molecule has 0 aliphatic rings. The van der Waals surface area contributed by atoms with Crippen molar-refractivity contribution >= 4 is 31.9 Å². The summed E-state index contributed by atoms with van der Waals surface area (Å²) in [7, 11) is 0. The summed E-state index contributed by atoms with van der Waals surface area (Å²) >= 11 is 6.90. The van der Waals surface area contributed by atoms with Gasteiger partial charge >= 0.3 is 0 Å². The third kappa shape index (κ3) is 3.88. The monoisotopic (exact) mass is 385 g/mol. The van der Waals surface area contributed by atoms with Crippen LogP contribution in [0.5, 0.6) is 0 Å². The van der Waals surface area contributed by atoms with Crippen molar-refractivity contribution in [1.29, 1.82) is 0 Å². The Bertz CT molecular complexity index is 578. The number of nitrogens with two attached hydrogens (primary N) is 1. The molecule has 100 valence electrons. The fraction of sp³-hybridized carbons (Fsp3) is 0.200. The van der Waals surface area contributed by atoms with Crippen molar-refractivity contribution in [3.63, 3.8) is 0 Å². The normalized spacial score (nSPS) is 12.5. The maximum Gasteiger partial charge on any atom is 0.123 e. The number of hydrogen-bond acceptors (Lipinski definition) is 1. The maximum absolute atomic E-state index is 13.3. The number of hydrogen-bond donors (Lipinski definition) is 1. The second kappa shape index (κ2) is 6.16. The minimum absolute atomic E-state index is 0.158. The van der Waals surface area contributed by atoms with Gasteiger partial charge in [0.1, 0.15) is 5.82 Å². The van der Waals surface area contributed by atoms with Gasteiger partial charge in [-0.05, 0) is 60.4 Å². The lowest BCUT2D eigenvalue weighted by molar-refractivity contribution is 0.621. The van der Waals surface area contributed by atoms with E-state index in [1.165, 1.54) is 12.1 Å². The van der Waals surface area contributed by atoms with E-state index in [-0.39, 0.29) is 11.9 Å². The highest BCUT2D eigenvalue weighted by atomic mass is 79.9. The highest BCUT2D eigenvalue weighted by Crippen LogP contribution is 2.25. The molecule has 4 heteroatoms. The molecular formula is C15H14Br2FN. The van der Waals surface area contributed by atoms with Crippen LogP contribution in [-0.4, -0.2) is 0 Å². The number of aryl methyl sites for hydroxylation is 1. The summed E-state index contributed by atoms with van der Waals surface area (Å²) in [6.45, 7) is 2.03. The lowest BCUT2D eigenvalue weighted by atomic mass is 9.98. The molecule has 0 bridgehead atoms. The first-order valence-electron chi connectivity index (χ1n) is 5.92. The van der Waals surface area contributed by atoms with Gasteiger partial charge in [-0.2, -0.15) is 0 Å². The van der Waals surface area contributed by atoms with Crippen LogP contribution in [0.4, 0.5) is 4.39 Å². The molecule has 2 N–H and O–H groups in total. The molecule has 0 aromatic heterocycles. The largest absolute Gasteiger partial charge is 0.324 e. The molecule has 2 aromatic carbocycles. The van der Waals surface area contributed by atoms with Crippen LogP contribution in [0.25, 0.3) is 0 Å². The van der Waals surface area contributed by atoms with E-state index in [1.807, 2.05) is 19.1 Å². The predicted molar refractivity (Wildman–Crippen MR) is 83.6 cm³/mol. The first kappa shape index (κ1) is 14.7. The lowest BCUT2D eigenvalue weighted by Crippen LogP contribution is -2.14. The zero-order valence-corrected chi connectivity index (χ0v) is 13.6. The van der Waals surface area contributed by atoms with Crippen LogP contribution in [0.1, 0.15) is 22.7 Å². The van der Waals surface area contributed by atoms with Gasteiger partial charge in [-0.15, -0.1) is 0 Å². The molecule has 0 aliphatic carbocycles. The smallest absolute Gasteiger partial charge is 0.123 e. The van der Waals surface area contributed by atoms with E-state index in [4.69, 9.17) is 5.73 Å². The molecule has 1 atom stereocenters. The van der Waals surface area contributed by atoms with Crippen molar-refractivity contribution in [1.82, 2.24) is 0 Å². The standard InChI is InChI=1S/C15H14Br2FN/c1-9-4-11(6-12(16)5-9)15(19)8-10-7-13(18)2-3-14(10)17/h2-7,15H,8,19H2,1H3. The molecule has 2 aromatic rings. The molecule has 0 saturated heterocycles. The Morgan fingerprint density at radius 3 is 2.58 bits per heavy atom. The molecule has 0 amide bonds. The Kier molecular flexibility index (Phi) is 4.76. The van der Waals surface area contributed by atoms with Crippen molar-refractivity contribution in [3.05, 3.63) is 67.9 Å². The first-order valence-corrected chi connectivity index (χ1v) is 7.51. The number of rotatable bonds is 3. The van der Waals surface area contributed by atoms with E-state index in [9.17, 15) is 4.39 Å². The Morgan fingerprint density at radius 1 is 1.16 bits per heavy atom. The highest BCUT2D eigenvalue weighted by molar-refractivity contribution is 9.10. The summed E-state index contributed by atoms with van der Waals surface area (Å²) in [5.74, 6) is -0.240. The summed E-state index contributed by atoms with van der Waals surface area (Å²) < 4.78 is 15.2. The van der Waals surface area contributed by atoms with Gasteiger partial charge in [0.05, 0.1) is 0 Å². The molecule has 1 nitrogen and oxygen atoms in total. The van der Waals surface area contributed by atoms with E-state index in [1.54, 1.807) is 6.07 Å². The molecule has 19 heavy (non-hydrogen) atoms. The van der Waals surface area contributed by atoms with Gasteiger partial charge in [0.25, 0.3) is 0 Å². The van der Waals surface area contributed by atoms with E-state index in [0.717, 1.165) is 25.6 Å². The van der Waals surface area contributed by atoms with Crippen LogP contribution in [-0.2, 0) is 6.42 Å². The summed E-state index contributed by atoms with van der Waals surface area (Å²) in [5, 5.41) is 0. The van der Waals surface area contributed by atoms with E-state index in [2.05, 4.69) is 37.9 Å². The molecule has 0 aliphatic heterocycles. The summed E-state index contributed by atoms with van der Waals surface area (Å²) in [5.41, 5.74) is 9.29. The zero-order chi connectivity index (χ0) is 14.0. The second-order valence-corrected chi connectivity index (χ2v) is 6.38. The average molecular weight is 387 g/mol. The molecule has 2 rings (SSSR count). The van der Waals surface area contributed by atoms with Crippen LogP contribution in [0.2, 0.25) is 0 Å². The number of halogens is 3. The lowest BCUT2D eigenvalue weighted by Gasteiger charge is -2.14. The van der Waals surface area contributed by atoms with Gasteiger partial charge < -0.3 is 5.73 Å². The van der Waals surface area contributed by atoms with E-state index >= 15 is 0 Å². The predicted octanol–water partition coefficient (Wildman–Crippen LogP) is 4.90. The minimum atomic E-state index is -0.240. The topological polar surface area (TPSA) is 26.0 Å². The minimum Gasteiger partial charge on any atom is -0.324 e. The van der Waals surface area contributed by atoms with E-state index < -0.39 is 0 Å². The van der Waals surface area contributed by atoms with E-state index in [0.29, 0.717) is 6.42 Å². The van der Waals surface area contributed by atoms with Gasteiger partial charge in [0.2, 0.25) is 0 Å². The van der Waals surface area contributed by atoms with Crippen LogP contribution >= 0.6 is 31.9 Å². The quantitative estimate of drug-likeness (QED) is 0.797. The van der Waals surface area contributed by atoms with Crippen LogP contribution in [0, 0.1) is 12.7 Å². The Hall–Kier alpha value is -0.710. The molecule has 0 spiro atoms. The SMILES string of the molecule is Cc1cc(Br)cc(C(N)Cc2cc(F)ccc2Br)c1. The third-order valence-electron chi connectivity index (χ3n) is 2.94. The Labute approximate surface area is 129 Å². The molecule has 1 unspecified atom stereocenters. The third-order valence-corrected chi connectivity index (χ3v) is 4.17. The second-order valence-electron chi connectivity index (χ2n) is 4.61. The van der Waals surface area contributed by atoms with Crippen molar-refractivity contribution < 1.29 is 4.39 Å². The molecule has 0 heterocycles. The molecular weight excluding hydrogens is 373 g/mol. The van der Waals surface area contributed by atoms with Gasteiger partial charge in [-0.1, -0.05) is 37.9 Å². The fourth-order valence-corrected chi connectivity index (χ4v) is 3.07. The van der Waals surface area contributed by atoms with Crippen molar-refractivity contribution in [2.75, 3.05) is 0 Å². The number of benzene rings is 2. The van der Waals surface area contributed by atoms with Crippen LogP contribution in [0.3, 0.4) is 0 Å². The first-order chi connectivity index (χ1) is 8.95. The summed E-state index contributed by atoms with van der Waals surface area (Å²) in [4.78, 5) is 0. The molecule has 0 fully saturated rings. The zero-order valence-electron chi connectivity index (χ0n) is 10.5. The summed E-state index contributed by atoms with van der Waals surface area (Å²) in [6, 6.07) is 10.6.